The average Bonchev–Trinajstić information content (AvgIpc) is 2.98. The van der Waals surface area contributed by atoms with E-state index in [2.05, 4.69) is 6.92 Å². The summed E-state index contributed by atoms with van der Waals surface area (Å²) in [5.41, 5.74) is 3.45. The second kappa shape index (κ2) is 13.5. The van der Waals surface area contributed by atoms with Crippen LogP contribution < -0.4 is 15.0 Å². The van der Waals surface area contributed by atoms with E-state index in [0.29, 0.717) is 54.0 Å². The highest BCUT2D eigenvalue weighted by Crippen LogP contribution is 2.30. The van der Waals surface area contributed by atoms with Crippen LogP contribution in [0.25, 0.3) is 16.6 Å². The van der Waals surface area contributed by atoms with Crippen molar-refractivity contribution in [1.82, 2.24) is 14.5 Å². The van der Waals surface area contributed by atoms with Gasteiger partial charge in [0.1, 0.15) is 5.82 Å². The van der Waals surface area contributed by atoms with Gasteiger partial charge >= 0.3 is 0 Å². The molecule has 1 atom stereocenters. The molecule has 1 amide bonds. The summed E-state index contributed by atoms with van der Waals surface area (Å²) in [6.07, 6.45) is 2.53. The highest BCUT2D eigenvalue weighted by molar-refractivity contribution is 5.79. The molecule has 1 heterocycles. The number of nitrogens with zero attached hydrogens (tertiary/aromatic N) is 3. The van der Waals surface area contributed by atoms with Gasteiger partial charge in [-0.3, -0.25) is 14.2 Å². The highest BCUT2D eigenvalue weighted by Gasteiger charge is 2.29. The Hall–Kier alpha value is -4.13. The number of carbonyl (C=O) groups is 1. The number of aromatic nitrogens is 2. The summed E-state index contributed by atoms with van der Waals surface area (Å²) in [6.45, 7) is 8.71. The zero-order valence-electron chi connectivity index (χ0n) is 25.0. The number of amides is 1. The molecule has 41 heavy (non-hydrogen) atoms. The Bertz CT molecular complexity index is 1540. The van der Waals surface area contributed by atoms with Crippen molar-refractivity contribution in [3.63, 3.8) is 0 Å². The average molecular weight is 556 g/mol. The SMILES string of the molecule is CCc1ccc(-n2c(C(CC)N(CCc3ccc(OC)c(OC)c3)C(=O)CC(C)C)nc3ccccc3c2=O)cc1. The van der Waals surface area contributed by atoms with Crippen LogP contribution in [0, 0.1) is 5.92 Å². The number of carbonyl (C=O) groups excluding carboxylic acids is 1. The van der Waals surface area contributed by atoms with Gasteiger partial charge in [-0.15, -0.1) is 0 Å². The van der Waals surface area contributed by atoms with Crippen molar-refractivity contribution < 1.29 is 14.3 Å². The van der Waals surface area contributed by atoms with Crippen molar-refractivity contribution in [2.75, 3.05) is 20.8 Å². The van der Waals surface area contributed by atoms with E-state index in [1.54, 1.807) is 18.8 Å². The molecule has 0 aliphatic heterocycles. The Balaban J connectivity index is 1.83. The molecule has 0 saturated heterocycles. The summed E-state index contributed by atoms with van der Waals surface area (Å²) in [6, 6.07) is 20.9. The van der Waals surface area contributed by atoms with Gasteiger partial charge in [-0.2, -0.15) is 0 Å². The Kier molecular flexibility index (Phi) is 9.82. The number of methoxy groups -OCH3 is 2. The smallest absolute Gasteiger partial charge is 0.266 e. The van der Waals surface area contributed by atoms with Crippen LogP contribution in [-0.2, 0) is 17.6 Å². The zero-order chi connectivity index (χ0) is 29.5. The monoisotopic (exact) mass is 555 g/mol. The summed E-state index contributed by atoms with van der Waals surface area (Å²) in [4.78, 5) is 34.8. The fourth-order valence-corrected chi connectivity index (χ4v) is 5.25. The molecule has 4 rings (SSSR count). The van der Waals surface area contributed by atoms with E-state index < -0.39 is 6.04 Å². The lowest BCUT2D eigenvalue weighted by Gasteiger charge is -2.33. The normalized spacial score (nSPS) is 12.0. The van der Waals surface area contributed by atoms with Crippen molar-refractivity contribution in [2.45, 2.75) is 59.4 Å². The van der Waals surface area contributed by atoms with Crippen LogP contribution in [0.1, 0.15) is 63.5 Å². The number of ether oxygens (including phenoxy) is 2. The maximum Gasteiger partial charge on any atom is 0.266 e. The van der Waals surface area contributed by atoms with E-state index in [1.807, 2.05) is 92.4 Å². The van der Waals surface area contributed by atoms with Crippen LogP contribution in [-0.4, -0.2) is 41.1 Å². The fraction of sp³-hybridized carbons (Fsp3) is 0.382. The van der Waals surface area contributed by atoms with Gasteiger partial charge < -0.3 is 14.4 Å². The maximum absolute atomic E-state index is 14.0. The molecule has 0 saturated carbocycles. The third-order valence-electron chi connectivity index (χ3n) is 7.46. The lowest BCUT2D eigenvalue weighted by atomic mass is 10.0. The largest absolute Gasteiger partial charge is 0.493 e. The molecule has 1 aromatic heterocycles. The molecule has 3 aromatic carbocycles. The lowest BCUT2D eigenvalue weighted by Crippen LogP contribution is -2.40. The Labute approximate surface area is 242 Å². The van der Waals surface area contributed by atoms with E-state index in [1.165, 1.54) is 5.56 Å². The van der Waals surface area contributed by atoms with Gasteiger partial charge in [0.25, 0.3) is 5.56 Å². The Morgan fingerprint density at radius 3 is 2.24 bits per heavy atom. The molecular formula is C34H41N3O4. The van der Waals surface area contributed by atoms with Crippen LogP contribution >= 0.6 is 0 Å². The van der Waals surface area contributed by atoms with Gasteiger partial charge in [-0.05, 0) is 72.7 Å². The number of fused-ring (bicyclic) bond motifs is 1. The molecule has 0 aliphatic rings. The molecule has 0 bridgehead atoms. The first kappa shape index (κ1) is 29.8. The van der Waals surface area contributed by atoms with Gasteiger partial charge in [0, 0.05) is 13.0 Å². The molecule has 7 heteroatoms. The van der Waals surface area contributed by atoms with E-state index >= 15 is 0 Å². The quantitative estimate of drug-likeness (QED) is 0.199. The number of aryl methyl sites for hydroxylation is 1. The van der Waals surface area contributed by atoms with E-state index in [0.717, 1.165) is 17.7 Å². The second-order valence-corrected chi connectivity index (χ2v) is 10.7. The Morgan fingerprint density at radius 2 is 1.61 bits per heavy atom. The van der Waals surface area contributed by atoms with Crippen LogP contribution in [0.4, 0.5) is 0 Å². The molecule has 0 aliphatic carbocycles. The van der Waals surface area contributed by atoms with Crippen LogP contribution in [0.15, 0.2) is 71.5 Å². The van der Waals surface area contributed by atoms with Crippen LogP contribution in [0.2, 0.25) is 0 Å². The highest BCUT2D eigenvalue weighted by atomic mass is 16.5. The molecule has 0 N–H and O–H groups in total. The van der Waals surface area contributed by atoms with Crippen LogP contribution in [0.3, 0.4) is 0 Å². The van der Waals surface area contributed by atoms with Gasteiger partial charge in [-0.25, -0.2) is 4.98 Å². The van der Waals surface area contributed by atoms with Crippen molar-refractivity contribution in [3.05, 3.63) is 94.0 Å². The third-order valence-corrected chi connectivity index (χ3v) is 7.46. The lowest BCUT2D eigenvalue weighted by molar-refractivity contribution is -0.134. The molecule has 216 valence electrons. The van der Waals surface area contributed by atoms with Gasteiger partial charge in [0.15, 0.2) is 11.5 Å². The summed E-state index contributed by atoms with van der Waals surface area (Å²) < 4.78 is 12.6. The first-order valence-corrected chi connectivity index (χ1v) is 14.4. The number of para-hydroxylation sites is 1. The molecule has 0 spiro atoms. The standard InChI is InChI=1S/C34H41N3O4/c1-7-24-13-16-26(17-14-24)37-33(35-28-12-10-9-11-27(28)34(37)39)29(8-2)36(32(38)21-23(3)4)20-19-25-15-18-30(40-5)31(22-25)41-6/h9-18,22-23,29H,7-8,19-21H2,1-6H3. The number of hydrogen-bond donors (Lipinski definition) is 0. The fourth-order valence-electron chi connectivity index (χ4n) is 5.25. The van der Waals surface area contributed by atoms with Gasteiger partial charge in [0.2, 0.25) is 5.91 Å². The van der Waals surface area contributed by atoms with Gasteiger partial charge in [0.05, 0.1) is 36.9 Å². The third kappa shape index (κ3) is 6.62. The number of rotatable bonds is 12. The van der Waals surface area contributed by atoms with Crippen molar-refractivity contribution in [2.24, 2.45) is 5.92 Å². The summed E-state index contributed by atoms with van der Waals surface area (Å²) in [5, 5.41) is 0.552. The topological polar surface area (TPSA) is 73.7 Å². The maximum atomic E-state index is 14.0. The van der Waals surface area contributed by atoms with Crippen molar-refractivity contribution in [3.8, 4) is 17.2 Å². The van der Waals surface area contributed by atoms with E-state index in [-0.39, 0.29) is 17.4 Å². The number of hydrogen-bond acceptors (Lipinski definition) is 5. The van der Waals surface area contributed by atoms with Crippen molar-refractivity contribution >= 4 is 16.8 Å². The molecule has 0 fully saturated rings. The first-order valence-electron chi connectivity index (χ1n) is 14.4. The zero-order valence-corrected chi connectivity index (χ0v) is 25.0. The first-order chi connectivity index (χ1) is 19.8. The van der Waals surface area contributed by atoms with E-state index in [4.69, 9.17) is 14.5 Å². The van der Waals surface area contributed by atoms with E-state index in [9.17, 15) is 9.59 Å². The second-order valence-electron chi connectivity index (χ2n) is 10.7. The summed E-state index contributed by atoms with van der Waals surface area (Å²) in [7, 11) is 3.23. The summed E-state index contributed by atoms with van der Waals surface area (Å²) in [5.74, 6) is 2.12. The predicted octanol–water partition coefficient (Wildman–Crippen LogP) is 6.53. The molecule has 1 unspecified atom stereocenters. The minimum absolute atomic E-state index is 0.0441. The Morgan fingerprint density at radius 1 is 0.927 bits per heavy atom. The minimum Gasteiger partial charge on any atom is -0.493 e. The molecule has 4 aromatic rings. The van der Waals surface area contributed by atoms with Gasteiger partial charge in [-0.1, -0.05) is 58.0 Å². The molecule has 7 nitrogen and oxygen atoms in total. The molecular weight excluding hydrogens is 514 g/mol. The number of benzene rings is 3. The molecule has 0 radical (unpaired) electrons. The van der Waals surface area contributed by atoms with Crippen LogP contribution in [0.5, 0.6) is 11.5 Å². The summed E-state index contributed by atoms with van der Waals surface area (Å²) >= 11 is 0. The van der Waals surface area contributed by atoms with Crippen molar-refractivity contribution in [1.29, 1.82) is 0 Å². The predicted molar refractivity (Wildman–Crippen MR) is 164 cm³/mol. The minimum atomic E-state index is -0.399.